The Bertz CT molecular complexity index is 892. The van der Waals surface area contributed by atoms with Crippen LogP contribution in [0.1, 0.15) is 5.56 Å². The Labute approximate surface area is 133 Å². The number of carbonyl (C=O) groups is 1. The molecule has 3 aromatic carbocycles. The number of hydrogen-bond donors (Lipinski definition) is 1. The standard InChI is InChI=1S/C19H14N2O2/c20-12-14-5-3-8-16(11-14)23-13-19(22)21-18-10-4-7-15-6-1-2-9-17(15)18/h1-11H,13H2,(H,21,22). The van der Waals surface area contributed by atoms with E-state index >= 15 is 0 Å². The van der Waals surface area contributed by atoms with Gasteiger partial charge in [-0.1, -0.05) is 42.5 Å². The fourth-order valence-electron chi connectivity index (χ4n) is 2.33. The molecule has 0 radical (unpaired) electrons. The molecule has 0 aliphatic heterocycles. The number of nitrogens with one attached hydrogen (secondary N) is 1. The van der Waals surface area contributed by atoms with E-state index < -0.39 is 0 Å². The highest BCUT2D eigenvalue weighted by atomic mass is 16.5. The molecule has 0 saturated heterocycles. The number of anilines is 1. The average molecular weight is 302 g/mol. The first kappa shape index (κ1) is 14.6. The van der Waals surface area contributed by atoms with Crippen molar-refractivity contribution in [1.82, 2.24) is 0 Å². The number of rotatable bonds is 4. The highest BCUT2D eigenvalue weighted by Gasteiger charge is 2.07. The van der Waals surface area contributed by atoms with Gasteiger partial charge >= 0.3 is 0 Å². The topological polar surface area (TPSA) is 62.1 Å². The summed E-state index contributed by atoms with van der Waals surface area (Å²) in [5, 5.41) is 13.7. The van der Waals surface area contributed by atoms with Gasteiger partial charge in [-0.2, -0.15) is 5.26 Å². The second-order valence-electron chi connectivity index (χ2n) is 5.00. The molecule has 0 heterocycles. The third-order valence-electron chi connectivity index (χ3n) is 3.40. The van der Waals surface area contributed by atoms with E-state index in [-0.39, 0.29) is 12.5 Å². The van der Waals surface area contributed by atoms with Crippen LogP contribution in [0, 0.1) is 11.3 Å². The summed E-state index contributed by atoms with van der Waals surface area (Å²) >= 11 is 0. The number of carbonyl (C=O) groups excluding carboxylic acids is 1. The smallest absolute Gasteiger partial charge is 0.262 e. The molecule has 0 fully saturated rings. The van der Waals surface area contributed by atoms with Crippen LogP contribution in [0.15, 0.2) is 66.7 Å². The number of ether oxygens (including phenoxy) is 1. The van der Waals surface area contributed by atoms with Crippen molar-refractivity contribution in [3.8, 4) is 11.8 Å². The zero-order valence-electron chi connectivity index (χ0n) is 12.3. The number of nitrogens with zero attached hydrogens (tertiary/aromatic N) is 1. The molecular formula is C19H14N2O2. The van der Waals surface area contributed by atoms with Crippen molar-refractivity contribution >= 4 is 22.4 Å². The van der Waals surface area contributed by atoms with Gasteiger partial charge in [0.15, 0.2) is 6.61 Å². The molecule has 0 aromatic heterocycles. The van der Waals surface area contributed by atoms with Gasteiger partial charge in [-0.15, -0.1) is 0 Å². The van der Waals surface area contributed by atoms with Crippen LogP contribution in [0.3, 0.4) is 0 Å². The molecule has 1 amide bonds. The highest BCUT2D eigenvalue weighted by Crippen LogP contribution is 2.22. The van der Waals surface area contributed by atoms with Crippen LogP contribution in [0.4, 0.5) is 5.69 Å². The van der Waals surface area contributed by atoms with Crippen molar-refractivity contribution in [1.29, 1.82) is 5.26 Å². The minimum Gasteiger partial charge on any atom is -0.484 e. The molecule has 23 heavy (non-hydrogen) atoms. The van der Waals surface area contributed by atoms with Crippen LogP contribution in [0.5, 0.6) is 5.75 Å². The predicted octanol–water partition coefficient (Wildman–Crippen LogP) is 3.73. The third-order valence-corrected chi connectivity index (χ3v) is 3.40. The molecule has 0 atom stereocenters. The summed E-state index contributed by atoms with van der Waals surface area (Å²) in [5.41, 5.74) is 1.25. The van der Waals surface area contributed by atoms with Crippen LogP contribution in [0.25, 0.3) is 10.8 Å². The first-order valence-corrected chi connectivity index (χ1v) is 7.17. The Morgan fingerprint density at radius 3 is 2.70 bits per heavy atom. The Morgan fingerprint density at radius 2 is 1.83 bits per heavy atom. The van der Waals surface area contributed by atoms with Gasteiger partial charge in [-0.3, -0.25) is 4.79 Å². The molecule has 0 spiro atoms. The minimum absolute atomic E-state index is 0.113. The second kappa shape index (κ2) is 6.63. The molecule has 4 nitrogen and oxygen atoms in total. The molecule has 0 aliphatic rings. The zero-order valence-corrected chi connectivity index (χ0v) is 12.3. The van der Waals surface area contributed by atoms with Gasteiger partial charge in [-0.05, 0) is 29.7 Å². The van der Waals surface area contributed by atoms with Crippen LogP contribution in [-0.4, -0.2) is 12.5 Å². The van der Waals surface area contributed by atoms with Crippen molar-refractivity contribution in [2.24, 2.45) is 0 Å². The summed E-state index contributed by atoms with van der Waals surface area (Å²) in [4.78, 5) is 12.1. The maximum absolute atomic E-state index is 12.1. The first-order chi connectivity index (χ1) is 11.3. The zero-order chi connectivity index (χ0) is 16.1. The molecule has 1 N–H and O–H groups in total. The molecule has 0 aliphatic carbocycles. The van der Waals surface area contributed by atoms with Gasteiger partial charge in [0.25, 0.3) is 5.91 Å². The molecule has 4 heteroatoms. The minimum atomic E-state index is -0.247. The third kappa shape index (κ3) is 3.47. The number of fused-ring (bicyclic) bond motifs is 1. The van der Waals surface area contributed by atoms with E-state index in [0.29, 0.717) is 11.3 Å². The summed E-state index contributed by atoms with van der Waals surface area (Å²) in [6, 6.07) is 22.3. The van der Waals surface area contributed by atoms with Gasteiger partial charge in [0.1, 0.15) is 5.75 Å². The normalized spacial score (nSPS) is 10.0. The van der Waals surface area contributed by atoms with E-state index in [1.807, 2.05) is 48.5 Å². The Hall–Kier alpha value is -3.32. The quantitative estimate of drug-likeness (QED) is 0.798. The molecule has 0 saturated carbocycles. The predicted molar refractivity (Wildman–Crippen MR) is 89.2 cm³/mol. The van der Waals surface area contributed by atoms with Gasteiger partial charge < -0.3 is 10.1 Å². The number of nitriles is 1. The van der Waals surface area contributed by atoms with Crippen molar-refractivity contribution in [2.45, 2.75) is 0 Å². The molecule has 0 bridgehead atoms. The molecule has 3 aromatic rings. The van der Waals surface area contributed by atoms with Crippen molar-refractivity contribution < 1.29 is 9.53 Å². The largest absolute Gasteiger partial charge is 0.484 e. The van der Waals surface area contributed by atoms with Crippen molar-refractivity contribution in [3.63, 3.8) is 0 Å². The lowest BCUT2D eigenvalue weighted by Gasteiger charge is -2.10. The average Bonchev–Trinajstić information content (AvgIpc) is 2.60. The van der Waals surface area contributed by atoms with E-state index in [4.69, 9.17) is 10.00 Å². The number of benzene rings is 3. The lowest BCUT2D eigenvalue weighted by atomic mass is 10.1. The number of amides is 1. The van der Waals surface area contributed by atoms with Crippen LogP contribution in [0.2, 0.25) is 0 Å². The Kier molecular flexibility index (Phi) is 4.21. The summed E-state index contributed by atoms with van der Waals surface area (Å²) < 4.78 is 5.43. The lowest BCUT2D eigenvalue weighted by molar-refractivity contribution is -0.118. The van der Waals surface area contributed by atoms with Gasteiger partial charge in [-0.25, -0.2) is 0 Å². The van der Waals surface area contributed by atoms with E-state index in [1.54, 1.807) is 24.3 Å². The van der Waals surface area contributed by atoms with E-state index in [1.165, 1.54) is 0 Å². The van der Waals surface area contributed by atoms with Crippen LogP contribution in [-0.2, 0) is 4.79 Å². The van der Waals surface area contributed by atoms with Gasteiger partial charge in [0.05, 0.1) is 11.6 Å². The highest BCUT2D eigenvalue weighted by molar-refractivity contribution is 6.02. The Balaban J connectivity index is 1.68. The van der Waals surface area contributed by atoms with Crippen molar-refractivity contribution in [2.75, 3.05) is 11.9 Å². The fourth-order valence-corrected chi connectivity index (χ4v) is 2.33. The Morgan fingerprint density at radius 1 is 1.04 bits per heavy atom. The maximum atomic E-state index is 12.1. The SMILES string of the molecule is N#Cc1cccc(OCC(=O)Nc2cccc3ccccc23)c1. The summed E-state index contributed by atoms with van der Waals surface area (Å²) in [6.45, 7) is -0.113. The van der Waals surface area contributed by atoms with Crippen LogP contribution < -0.4 is 10.1 Å². The fraction of sp³-hybridized carbons (Fsp3) is 0.0526. The molecule has 0 unspecified atom stereocenters. The summed E-state index contributed by atoms with van der Waals surface area (Å²) in [6.07, 6.45) is 0. The summed E-state index contributed by atoms with van der Waals surface area (Å²) in [7, 11) is 0. The van der Waals surface area contributed by atoms with E-state index in [2.05, 4.69) is 5.32 Å². The molecular weight excluding hydrogens is 288 g/mol. The molecule has 3 rings (SSSR count). The number of hydrogen-bond acceptors (Lipinski definition) is 3. The van der Waals surface area contributed by atoms with Gasteiger partial charge in [0.2, 0.25) is 0 Å². The van der Waals surface area contributed by atoms with Gasteiger partial charge in [0, 0.05) is 11.1 Å². The van der Waals surface area contributed by atoms with E-state index in [0.717, 1.165) is 16.5 Å². The van der Waals surface area contributed by atoms with Crippen LogP contribution >= 0.6 is 0 Å². The van der Waals surface area contributed by atoms with Crippen molar-refractivity contribution in [3.05, 3.63) is 72.3 Å². The lowest BCUT2D eigenvalue weighted by Crippen LogP contribution is -2.20. The second-order valence-corrected chi connectivity index (χ2v) is 5.00. The summed E-state index contributed by atoms with van der Waals surface area (Å²) in [5.74, 6) is 0.251. The van der Waals surface area contributed by atoms with E-state index in [9.17, 15) is 4.79 Å². The molecule has 112 valence electrons. The maximum Gasteiger partial charge on any atom is 0.262 e. The monoisotopic (exact) mass is 302 g/mol. The first-order valence-electron chi connectivity index (χ1n) is 7.17.